The van der Waals surface area contributed by atoms with Crippen molar-refractivity contribution in [2.75, 3.05) is 0 Å². The summed E-state index contributed by atoms with van der Waals surface area (Å²) in [6.07, 6.45) is 2.39. The van der Waals surface area contributed by atoms with Gasteiger partial charge in [0.05, 0.1) is 22.5 Å². The Bertz CT molecular complexity index is 2230. The summed E-state index contributed by atoms with van der Waals surface area (Å²) < 4.78 is 86.2. The zero-order valence-electron chi connectivity index (χ0n) is 27.7. The van der Waals surface area contributed by atoms with Crippen LogP contribution in [0, 0.1) is 24.9 Å². The minimum Gasteiger partial charge on any atom is -0.316 e. The Kier molecular flexibility index (Phi) is 7.32. The molecule has 246 valence electrons. The van der Waals surface area contributed by atoms with Crippen molar-refractivity contribution >= 4 is 31.6 Å². The summed E-state index contributed by atoms with van der Waals surface area (Å²) in [7, 11) is -9.57. The van der Waals surface area contributed by atoms with Crippen molar-refractivity contribution < 1.29 is 28.8 Å². The first kappa shape index (κ1) is 30.6. The summed E-state index contributed by atoms with van der Waals surface area (Å²) >= 11 is 0. The van der Waals surface area contributed by atoms with Gasteiger partial charge in [0, 0.05) is 11.1 Å². The molecule has 14 heteroatoms. The number of aryl methyl sites for hydroxylation is 2. The molecule has 0 aliphatic heterocycles. The summed E-state index contributed by atoms with van der Waals surface area (Å²) in [5.41, 5.74) is 22.2. The molecule has 2 aliphatic carbocycles. The molecule has 0 saturated carbocycles. The summed E-state index contributed by atoms with van der Waals surface area (Å²) in [5.74, 6) is 0. The monoisotopic (exact) mass is 684 g/mol. The third-order valence-electron chi connectivity index (χ3n) is 9.37. The van der Waals surface area contributed by atoms with Gasteiger partial charge in [-0.3, -0.25) is 9.11 Å². The quantitative estimate of drug-likeness (QED) is 0.105. The van der Waals surface area contributed by atoms with Gasteiger partial charge in [0.1, 0.15) is 10.5 Å². The van der Waals surface area contributed by atoms with Crippen LogP contribution >= 0.6 is 0 Å². The highest BCUT2D eigenvalue weighted by Gasteiger charge is 2.50. The van der Waals surface area contributed by atoms with Gasteiger partial charge < -0.3 is 11.5 Å². The first-order valence-electron chi connectivity index (χ1n) is 15.5. The average molecular weight is 685 g/mol. The number of nitrogens with two attached hydrogens (primary N) is 2. The van der Waals surface area contributed by atoms with Gasteiger partial charge in [0.25, 0.3) is 20.2 Å². The lowest BCUT2D eigenvalue weighted by Crippen LogP contribution is -2.53. The highest BCUT2D eigenvalue weighted by molar-refractivity contribution is 7.87. The predicted molar refractivity (Wildman–Crippen MR) is 181 cm³/mol. The van der Waals surface area contributed by atoms with Crippen molar-refractivity contribution in [3.05, 3.63) is 142 Å². The van der Waals surface area contributed by atoms with Crippen LogP contribution in [0.1, 0.15) is 44.5 Å². The largest absolute Gasteiger partial charge is 0.316 e. The van der Waals surface area contributed by atoms with Gasteiger partial charge >= 0.3 is 0 Å². The maximum absolute atomic E-state index is 12.8. The normalized spacial score (nSPS) is 24.8. The van der Waals surface area contributed by atoms with Gasteiger partial charge in [-0.15, -0.1) is 0 Å². The molecule has 0 radical (unpaired) electrons. The molecule has 0 saturated heterocycles. The van der Waals surface area contributed by atoms with Crippen LogP contribution in [-0.2, 0) is 31.3 Å². The molecular formula is C34H32N6O6S2. The van der Waals surface area contributed by atoms with Crippen molar-refractivity contribution in [1.29, 1.82) is 11.0 Å². The summed E-state index contributed by atoms with van der Waals surface area (Å²) in [6.45, 7) is 3.65. The molecule has 0 amide bonds. The van der Waals surface area contributed by atoms with Crippen LogP contribution in [0.25, 0.3) is 22.5 Å². The molecular weight excluding hydrogens is 653 g/mol. The number of benzene rings is 4. The maximum Gasteiger partial charge on any atom is 0.274 e. The van der Waals surface area contributed by atoms with Gasteiger partial charge in [0.2, 0.25) is 2.82 Å². The SMILES string of the molecule is [H]/N=N/C1=CC(S(=O)(=O)O)C(N)(c2ccc(-c3ccc(C4(N)c5ccccc5C(/N=N/[H])=CC4S(=O)(=O)O)cc3C)c(C)c2)c2ccccc21. The number of rotatable bonds is 7. The van der Waals surface area contributed by atoms with Crippen molar-refractivity contribution in [3.63, 3.8) is 0 Å². The fraction of sp³-hybridized carbons (Fsp3) is 0.176. The van der Waals surface area contributed by atoms with Crippen molar-refractivity contribution in [3.8, 4) is 11.1 Å². The van der Waals surface area contributed by atoms with E-state index in [0.29, 0.717) is 44.5 Å². The van der Waals surface area contributed by atoms with Crippen molar-refractivity contribution in [2.24, 2.45) is 21.7 Å². The van der Waals surface area contributed by atoms with E-state index < -0.39 is 41.8 Å². The highest BCUT2D eigenvalue weighted by atomic mass is 32.2. The van der Waals surface area contributed by atoms with Crippen LogP contribution in [0.15, 0.2) is 107 Å². The molecule has 0 spiro atoms. The van der Waals surface area contributed by atoms with E-state index in [2.05, 4.69) is 21.3 Å². The number of fused-ring (bicyclic) bond motifs is 2. The van der Waals surface area contributed by atoms with E-state index in [1.807, 2.05) is 13.8 Å². The second kappa shape index (κ2) is 11.5. The number of nitrogens with zero attached hydrogens (tertiary/aromatic N) is 2. The molecule has 8 N–H and O–H groups in total. The Hall–Kier alpha value is -4.70. The fourth-order valence-corrected chi connectivity index (χ4v) is 9.14. The molecule has 4 unspecified atom stereocenters. The highest BCUT2D eigenvalue weighted by Crippen LogP contribution is 2.46. The van der Waals surface area contributed by atoms with E-state index in [-0.39, 0.29) is 11.4 Å². The first-order chi connectivity index (χ1) is 23.6. The second-order valence-corrected chi connectivity index (χ2v) is 15.1. The van der Waals surface area contributed by atoms with Gasteiger partial charge in [-0.25, -0.2) is 11.0 Å². The van der Waals surface area contributed by atoms with Crippen LogP contribution < -0.4 is 11.5 Å². The predicted octanol–water partition coefficient (Wildman–Crippen LogP) is 5.66. The Morgan fingerprint density at radius 2 is 1.02 bits per heavy atom. The minimum atomic E-state index is -4.78. The Morgan fingerprint density at radius 1 is 0.646 bits per heavy atom. The number of hydrogen-bond donors (Lipinski definition) is 6. The van der Waals surface area contributed by atoms with Gasteiger partial charge in [-0.2, -0.15) is 27.1 Å². The standard InChI is InChI=1S/C34H32N6O6S2/c1-19-15-21(33(35)27-9-5-3-7-25(27)29(39-37)17-31(33)47(41,42)43)11-13-23(19)24-14-12-22(16-20(24)2)34(36)28-10-6-4-8-26(28)30(40-38)18-32(34)48(44,45)46/h3-18,31-32,37-38H,35-36H2,1-2H3,(H,41,42,43)(H,44,45,46)/b39-37+,40-38+. The van der Waals surface area contributed by atoms with Crippen LogP contribution in [-0.4, -0.2) is 36.4 Å². The smallest absolute Gasteiger partial charge is 0.274 e. The van der Waals surface area contributed by atoms with E-state index in [1.165, 1.54) is 12.2 Å². The molecule has 12 nitrogen and oxygen atoms in total. The first-order valence-corrected chi connectivity index (χ1v) is 17.6. The van der Waals surface area contributed by atoms with E-state index in [4.69, 9.17) is 14.3 Å². The Morgan fingerprint density at radius 3 is 1.35 bits per heavy atom. The van der Waals surface area contributed by atoms with Crippen LogP contribution in [0.2, 0.25) is 2.82 Å². The molecule has 0 heterocycles. The molecule has 48 heavy (non-hydrogen) atoms. The lowest BCUT2D eigenvalue weighted by Gasteiger charge is -2.40. The fourth-order valence-electron chi connectivity index (χ4n) is 7.07. The number of nitrogens with one attached hydrogen (secondary N) is 2. The van der Waals surface area contributed by atoms with Crippen molar-refractivity contribution in [2.45, 2.75) is 35.4 Å². The molecule has 4 aromatic carbocycles. The second-order valence-electron chi connectivity index (χ2n) is 12.1. The van der Waals surface area contributed by atoms with Gasteiger partial charge in [-0.1, -0.05) is 84.9 Å². The summed E-state index contributed by atoms with van der Waals surface area (Å²) in [4.78, 5) is 0. The van der Waals surface area contributed by atoms with E-state index in [1.54, 1.807) is 84.9 Å². The zero-order chi connectivity index (χ0) is 36.2. The average Bonchev–Trinajstić information content (AvgIpc) is 3.06. The van der Waals surface area contributed by atoms with E-state index >= 15 is 0 Å². The molecule has 0 fully saturated rings. The van der Waals surface area contributed by atoms with Gasteiger partial charge in [0.15, 0.2) is 0 Å². The molecule has 4 aromatic rings. The van der Waals surface area contributed by atoms with E-state index in [0.717, 1.165) is 11.1 Å². The topological polar surface area (TPSA) is 233 Å². The molecule has 0 aromatic heterocycles. The van der Waals surface area contributed by atoms with Crippen LogP contribution in [0.4, 0.5) is 0 Å². The molecule has 0 bridgehead atoms. The molecule has 6 rings (SSSR count). The van der Waals surface area contributed by atoms with Gasteiger partial charge in [-0.05, 0) is 70.5 Å². The minimum absolute atomic E-state index is 0.0883. The zero-order valence-corrected chi connectivity index (χ0v) is 27.3. The van der Waals surface area contributed by atoms with E-state index in [9.17, 15) is 25.9 Å². The molecule has 2 aliphatic rings. The molecule has 4 atom stereocenters. The van der Waals surface area contributed by atoms with Crippen LogP contribution in [0.3, 0.4) is 0 Å². The maximum atomic E-state index is 12.8. The summed E-state index contributed by atoms with van der Waals surface area (Å²) in [5, 5.41) is 4.23. The lowest BCUT2D eigenvalue weighted by atomic mass is 9.73. The van der Waals surface area contributed by atoms with Crippen LogP contribution in [0.5, 0.6) is 0 Å². The Balaban J connectivity index is 1.47. The lowest BCUT2D eigenvalue weighted by molar-refractivity contribution is 0.435. The summed E-state index contributed by atoms with van der Waals surface area (Å²) in [6, 6.07) is 23.9. The van der Waals surface area contributed by atoms with Crippen molar-refractivity contribution in [1.82, 2.24) is 0 Å². The number of hydrogen-bond acceptors (Lipinski definition) is 10. The third kappa shape index (κ3) is 5.05. The third-order valence-corrected chi connectivity index (χ3v) is 11.7. The Labute approximate surface area is 280 Å².